The quantitative estimate of drug-likeness (QED) is 0.459. The highest BCUT2D eigenvalue weighted by molar-refractivity contribution is 6.21. The number of imide groups is 1. The molecular formula is C14H8N2O5. The van der Waals surface area contributed by atoms with Gasteiger partial charge in [-0.2, -0.15) is 4.73 Å². The Hall–Kier alpha value is -3.22. The van der Waals surface area contributed by atoms with Gasteiger partial charge in [-0.1, -0.05) is 17.2 Å². The van der Waals surface area contributed by atoms with E-state index in [-0.39, 0.29) is 16.7 Å². The van der Waals surface area contributed by atoms with E-state index in [0.29, 0.717) is 9.79 Å². The standard InChI is InChI=1S/C14H8N2O5/c17-12-10-3-1-2-4-11(10)13(18)16(12)21-14(19)9-5-7-15(20)8-6-9/h1-8H. The second kappa shape index (κ2) is 4.71. The van der Waals surface area contributed by atoms with Crippen LogP contribution in [0.15, 0.2) is 48.8 Å². The number of benzene rings is 1. The maximum Gasteiger partial charge on any atom is 0.364 e. The number of carbonyl (C=O) groups is 3. The molecule has 1 aromatic carbocycles. The Morgan fingerprint density at radius 2 is 1.52 bits per heavy atom. The van der Waals surface area contributed by atoms with Gasteiger partial charge in [0.15, 0.2) is 12.4 Å². The molecule has 0 radical (unpaired) electrons. The van der Waals surface area contributed by atoms with Gasteiger partial charge in [0.1, 0.15) is 0 Å². The van der Waals surface area contributed by atoms with Crippen LogP contribution in [0.5, 0.6) is 0 Å². The summed E-state index contributed by atoms with van der Waals surface area (Å²) in [5.41, 5.74) is 0.417. The largest absolute Gasteiger partial charge is 0.619 e. The van der Waals surface area contributed by atoms with Crippen LogP contribution in [0.1, 0.15) is 31.1 Å². The highest BCUT2D eigenvalue weighted by Gasteiger charge is 2.38. The maximum atomic E-state index is 12.0. The summed E-state index contributed by atoms with van der Waals surface area (Å²) >= 11 is 0. The predicted octanol–water partition coefficient (Wildman–Crippen LogP) is 0.688. The minimum absolute atomic E-state index is 0.0543. The number of rotatable bonds is 2. The molecule has 3 rings (SSSR count). The lowest BCUT2D eigenvalue weighted by Gasteiger charge is -2.12. The summed E-state index contributed by atoms with van der Waals surface area (Å²) in [6.07, 6.45) is 2.22. The zero-order chi connectivity index (χ0) is 15.0. The van der Waals surface area contributed by atoms with Crippen molar-refractivity contribution >= 4 is 17.8 Å². The van der Waals surface area contributed by atoms with E-state index in [2.05, 4.69) is 0 Å². The highest BCUT2D eigenvalue weighted by atomic mass is 16.7. The molecule has 0 spiro atoms. The molecule has 7 heteroatoms. The summed E-state index contributed by atoms with van der Waals surface area (Å²) in [6.45, 7) is 0. The molecule has 0 atom stereocenters. The average Bonchev–Trinajstić information content (AvgIpc) is 2.73. The van der Waals surface area contributed by atoms with E-state index < -0.39 is 17.8 Å². The molecule has 104 valence electrons. The first kappa shape index (κ1) is 12.8. The normalized spacial score (nSPS) is 13.2. The Labute approximate surface area is 118 Å². The second-order valence-corrected chi connectivity index (χ2v) is 4.28. The number of hydroxylamine groups is 2. The van der Waals surface area contributed by atoms with Crippen molar-refractivity contribution in [2.24, 2.45) is 0 Å². The molecule has 1 aromatic heterocycles. The van der Waals surface area contributed by atoms with Crippen molar-refractivity contribution < 1.29 is 24.0 Å². The second-order valence-electron chi connectivity index (χ2n) is 4.28. The lowest BCUT2D eigenvalue weighted by Crippen LogP contribution is -2.33. The SMILES string of the molecule is O=C(ON1C(=O)c2ccccc2C1=O)c1cc[n+]([O-])cc1. The lowest BCUT2D eigenvalue weighted by atomic mass is 10.1. The molecule has 0 bridgehead atoms. The van der Waals surface area contributed by atoms with Crippen molar-refractivity contribution in [3.05, 3.63) is 70.7 Å². The number of nitrogens with zero attached hydrogens (tertiary/aromatic N) is 2. The first-order valence-corrected chi connectivity index (χ1v) is 5.97. The van der Waals surface area contributed by atoms with Crippen molar-refractivity contribution in [3.8, 4) is 0 Å². The minimum Gasteiger partial charge on any atom is -0.619 e. The summed E-state index contributed by atoms with van der Waals surface area (Å²) in [6, 6.07) is 8.64. The topological polar surface area (TPSA) is 90.6 Å². The molecule has 0 fully saturated rings. The Bertz CT molecular complexity index is 719. The van der Waals surface area contributed by atoms with Crippen LogP contribution in [-0.4, -0.2) is 22.8 Å². The van der Waals surface area contributed by atoms with E-state index >= 15 is 0 Å². The molecule has 1 aliphatic rings. The lowest BCUT2D eigenvalue weighted by molar-refractivity contribution is -0.605. The fourth-order valence-electron chi connectivity index (χ4n) is 1.93. The van der Waals surface area contributed by atoms with Crippen LogP contribution < -0.4 is 4.73 Å². The molecule has 0 saturated carbocycles. The number of aromatic nitrogens is 1. The van der Waals surface area contributed by atoms with Gasteiger partial charge >= 0.3 is 5.97 Å². The van der Waals surface area contributed by atoms with Crippen molar-refractivity contribution in [2.45, 2.75) is 0 Å². The Balaban J connectivity index is 1.84. The Kier molecular flexibility index (Phi) is 2.87. The van der Waals surface area contributed by atoms with E-state index in [1.54, 1.807) is 12.1 Å². The van der Waals surface area contributed by atoms with Gasteiger partial charge in [0.05, 0.1) is 16.7 Å². The van der Waals surface area contributed by atoms with Gasteiger partial charge < -0.3 is 10.0 Å². The van der Waals surface area contributed by atoms with Gasteiger partial charge in [0.25, 0.3) is 11.8 Å². The Morgan fingerprint density at radius 3 is 2.05 bits per heavy atom. The Morgan fingerprint density at radius 1 is 1.00 bits per heavy atom. The molecular weight excluding hydrogens is 276 g/mol. The number of fused-ring (bicyclic) bond motifs is 1. The molecule has 2 aromatic rings. The smallest absolute Gasteiger partial charge is 0.364 e. The fourth-order valence-corrected chi connectivity index (χ4v) is 1.93. The van der Waals surface area contributed by atoms with Crippen LogP contribution in [0.2, 0.25) is 0 Å². The van der Waals surface area contributed by atoms with Crippen LogP contribution in [0.25, 0.3) is 0 Å². The number of carbonyl (C=O) groups excluding carboxylic acids is 3. The number of hydrogen-bond donors (Lipinski definition) is 0. The van der Waals surface area contributed by atoms with Gasteiger partial charge in [0.2, 0.25) is 0 Å². The molecule has 7 nitrogen and oxygen atoms in total. The molecule has 1 aliphatic heterocycles. The maximum absolute atomic E-state index is 12.0. The van der Waals surface area contributed by atoms with Crippen molar-refractivity contribution in [3.63, 3.8) is 0 Å². The van der Waals surface area contributed by atoms with E-state index in [1.807, 2.05) is 0 Å². The molecule has 2 heterocycles. The van der Waals surface area contributed by atoms with E-state index in [4.69, 9.17) is 4.84 Å². The average molecular weight is 284 g/mol. The highest BCUT2D eigenvalue weighted by Crippen LogP contribution is 2.23. The number of amides is 2. The van der Waals surface area contributed by atoms with Crippen LogP contribution in [0.4, 0.5) is 0 Å². The monoisotopic (exact) mass is 284 g/mol. The van der Waals surface area contributed by atoms with Gasteiger partial charge in [0, 0.05) is 12.1 Å². The van der Waals surface area contributed by atoms with Gasteiger partial charge in [-0.25, -0.2) is 4.79 Å². The van der Waals surface area contributed by atoms with Crippen LogP contribution in [0.3, 0.4) is 0 Å². The third kappa shape index (κ3) is 2.10. The minimum atomic E-state index is -0.898. The van der Waals surface area contributed by atoms with Crippen molar-refractivity contribution in [1.29, 1.82) is 0 Å². The van der Waals surface area contributed by atoms with Gasteiger partial charge in [-0.05, 0) is 12.1 Å². The summed E-state index contributed by atoms with van der Waals surface area (Å²) < 4.78 is 0.499. The van der Waals surface area contributed by atoms with Gasteiger partial charge in [-0.15, -0.1) is 0 Å². The molecule has 0 N–H and O–H groups in total. The number of hydrogen-bond acceptors (Lipinski definition) is 5. The predicted molar refractivity (Wildman–Crippen MR) is 67.8 cm³/mol. The van der Waals surface area contributed by atoms with E-state index in [0.717, 1.165) is 12.4 Å². The summed E-state index contributed by atoms with van der Waals surface area (Å²) in [7, 11) is 0. The molecule has 21 heavy (non-hydrogen) atoms. The molecule has 2 amide bonds. The van der Waals surface area contributed by atoms with E-state index in [1.165, 1.54) is 24.3 Å². The van der Waals surface area contributed by atoms with Crippen LogP contribution >= 0.6 is 0 Å². The first-order chi connectivity index (χ1) is 10.1. The summed E-state index contributed by atoms with van der Waals surface area (Å²) in [5.74, 6) is -2.29. The summed E-state index contributed by atoms with van der Waals surface area (Å²) in [5, 5.41) is 11.3. The van der Waals surface area contributed by atoms with Crippen molar-refractivity contribution in [1.82, 2.24) is 5.06 Å². The third-order valence-corrected chi connectivity index (χ3v) is 2.97. The zero-order valence-electron chi connectivity index (χ0n) is 10.6. The summed E-state index contributed by atoms with van der Waals surface area (Å²) in [4.78, 5) is 40.7. The van der Waals surface area contributed by atoms with Crippen LogP contribution in [0, 0.1) is 5.21 Å². The van der Waals surface area contributed by atoms with Gasteiger partial charge in [-0.3, -0.25) is 9.59 Å². The number of pyridine rings is 1. The first-order valence-electron chi connectivity index (χ1n) is 5.97. The van der Waals surface area contributed by atoms with Crippen molar-refractivity contribution in [2.75, 3.05) is 0 Å². The zero-order valence-corrected chi connectivity index (χ0v) is 10.6. The third-order valence-electron chi connectivity index (χ3n) is 2.97. The van der Waals surface area contributed by atoms with Crippen LogP contribution in [-0.2, 0) is 4.84 Å². The molecule has 0 unspecified atom stereocenters. The molecule has 0 aliphatic carbocycles. The van der Waals surface area contributed by atoms with E-state index in [9.17, 15) is 19.6 Å². The molecule has 0 saturated heterocycles. The fraction of sp³-hybridized carbons (Fsp3) is 0.